The predicted octanol–water partition coefficient (Wildman–Crippen LogP) is 2.44. The molecule has 16 heavy (non-hydrogen) atoms. The van der Waals surface area contributed by atoms with Crippen molar-refractivity contribution in [2.45, 2.75) is 12.3 Å². The Labute approximate surface area is 100.0 Å². The van der Waals surface area contributed by atoms with Crippen molar-refractivity contribution < 1.29 is 9.53 Å². The van der Waals surface area contributed by atoms with Crippen LogP contribution in [-0.2, 0) is 9.53 Å². The van der Waals surface area contributed by atoms with Gasteiger partial charge < -0.3 is 9.64 Å². The highest BCUT2D eigenvalue weighted by molar-refractivity contribution is 6.30. The van der Waals surface area contributed by atoms with Crippen LogP contribution in [0.4, 0.5) is 5.69 Å². The van der Waals surface area contributed by atoms with E-state index >= 15 is 0 Å². The Kier molecular flexibility index (Phi) is 3.06. The minimum Gasteiger partial charge on any atom is -0.469 e. The third-order valence-electron chi connectivity index (χ3n) is 2.98. The quantitative estimate of drug-likeness (QED) is 0.743. The SMILES string of the molecule is COC(=O)CC1CN(C)c2cc(Cl)ccc21. The molecule has 0 bridgehead atoms. The lowest BCUT2D eigenvalue weighted by Crippen LogP contribution is -2.17. The van der Waals surface area contributed by atoms with Gasteiger partial charge in [0.25, 0.3) is 0 Å². The van der Waals surface area contributed by atoms with Gasteiger partial charge in [-0.1, -0.05) is 17.7 Å². The largest absolute Gasteiger partial charge is 0.469 e. The third kappa shape index (κ3) is 2.00. The van der Waals surface area contributed by atoms with Crippen molar-refractivity contribution in [2.24, 2.45) is 0 Å². The van der Waals surface area contributed by atoms with Gasteiger partial charge in [-0.05, 0) is 17.7 Å². The Morgan fingerprint density at radius 2 is 2.38 bits per heavy atom. The average molecular weight is 240 g/mol. The molecule has 1 heterocycles. The summed E-state index contributed by atoms with van der Waals surface area (Å²) in [5.74, 6) is 0.0471. The van der Waals surface area contributed by atoms with Crippen molar-refractivity contribution in [2.75, 3.05) is 25.6 Å². The first-order chi connectivity index (χ1) is 7.61. The molecule has 0 fully saturated rings. The van der Waals surface area contributed by atoms with Gasteiger partial charge >= 0.3 is 5.97 Å². The smallest absolute Gasteiger partial charge is 0.306 e. The number of carbonyl (C=O) groups is 1. The Bertz CT molecular complexity index is 419. The third-order valence-corrected chi connectivity index (χ3v) is 3.21. The highest BCUT2D eigenvalue weighted by Crippen LogP contribution is 2.38. The first kappa shape index (κ1) is 11.3. The van der Waals surface area contributed by atoms with Gasteiger partial charge in [0.15, 0.2) is 0 Å². The number of fused-ring (bicyclic) bond motifs is 1. The summed E-state index contributed by atoms with van der Waals surface area (Å²) < 4.78 is 4.70. The molecule has 1 atom stereocenters. The fourth-order valence-corrected chi connectivity index (χ4v) is 2.35. The number of esters is 1. The van der Waals surface area contributed by atoms with E-state index in [4.69, 9.17) is 16.3 Å². The second kappa shape index (κ2) is 4.34. The number of ether oxygens (including phenoxy) is 1. The Balaban J connectivity index is 2.25. The first-order valence-corrected chi connectivity index (χ1v) is 5.57. The van der Waals surface area contributed by atoms with E-state index in [1.807, 2.05) is 25.2 Å². The Morgan fingerprint density at radius 3 is 3.06 bits per heavy atom. The second-order valence-electron chi connectivity index (χ2n) is 4.06. The summed E-state index contributed by atoms with van der Waals surface area (Å²) >= 11 is 5.95. The van der Waals surface area contributed by atoms with E-state index in [9.17, 15) is 4.79 Å². The molecule has 0 saturated carbocycles. The number of benzene rings is 1. The van der Waals surface area contributed by atoms with Crippen LogP contribution in [-0.4, -0.2) is 26.7 Å². The molecule has 0 aliphatic carbocycles. The van der Waals surface area contributed by atoms with Crippen molar-refractivity contribution in [3.05, 3.63) is 28.8 Å². The number of anilines is 1. The fraction of sp³-hybridized carbons (Fsp3) is 0.417. The number of rotatable bonds is 2. The maximum absolute atomic E-state index is 11.3. The standard InChI is InChI=1S/C12H14ClNO2/c1-14-7-8(5-12(15)16-2)10-4-3-9(13)6-11(10)14/h3-4,6,8H,5,7H2,1-2H3. The average Bonchev–Trinajstić information content (AvgIpc) is 2.55. The van der Waals surface area contributed by atoms with Crippen LogP contribution in [0.5, 0.6) is 0 Å². The molecule has 1 aromatic carbocycles. The highest BCUT2D eigenvalue weighted by Gasteiger charge is 2.28. The molecule has 1 unspecified atom stereocenters. The van der Waals surface area contributed by atoms with Crippen molar-refractivity contribution >= 4 is 23.3 Å². The molecular formula is C12H14ClNO2. The normalized spacial score (nSPS) is 18.4. The lowest BCUT2D eigenvalue weighted by Gasteiger charge is -2.12. The molecule has 0 saturated heterocycles. The predicted molar refractivity (Wildman–Crippen MR) is 64.1 cm³/mol. The van der Waals surface area contributed by atoms with Gasteiger partial charge in [-0.25, -0.2) is 0 Å². The molecule has 1 aliphatic rings. The molecule has 0 aromatic heterocycles. The molecule has 0 radical (unpaired) electrons. The van der Waals surface area contributed by atoms with Crippen LogP contribution in [0.1, 0.15) is 17.9 Å². The van der Waals surface area contributed by atoms with Crippen molar-refractivity contribution in [3.8, 4) is 0 Å². The summed E-state index contributed by atoms with van der Waals surface area (Å²) in [6, 6.07) is 5.80. The summed E-state index contributed by atoms with van der Waals surface area (Å²) in [4.78, 5) is 13.4. The van der Waals surface area contributed by atoms with Crippen LogP contribution in [0.25, 0.3) is 0 Å². The zero-order chi connectivity index (χ0) is 11.7. The number of hydrogen-bond acceptors (Lipinski definition) is 3. The van der Waals surface area contributed by atoms with Crippen molar-refractivity contribution in [1.29, 1.82) is 0 Å². The Morgan fingerprint density at radius 1 is 1.62 bits per heavy atom. The summed E-state index contributed by atoms with van der Waals surface area (Å²) in [6.45, 7) is 0.838. The number of halogens is 1. The van der Waals surface area contributed by atoms with E-state index in [0.717, 1.165) is 17.3 Å². The van der Waals surface area contributed by atoms with Gasteiger partial charge in [-0.2, -0.15) is 0 Å². The molecular weight excluding hydrogens is 226 g/mol. The zero-order valence-electron chi connectivity index (χ0n) is 9.37. The summed E-state index contributed by atoms with van der Waals surface area (Å²) in [5, 5.41) is 0.726. The van der Waals surface area contributed by atoms with Gasteiger partial charge in [0.2, 0.25) is 0 Å². The van der Waals surface area contributed by atoms with E-state index in [1.54, 1.807) is 0 Å². The molecule has 1 aromatic rings. The van der Waals surface area contributed by atoms with Crippen LogP contribution in [0.2, 0.25) is 5.02 Å². The molecule has 4 heteroatoms. The van der Waals surface area contributed by atoms with Crippen LogP contribution in [0.15, 0.2) is 18.2 Å². The van der Waals surface area contributed by atoms with Crippen molar-refractivity contribution in [3.63, 3.8) is 0 Å². The number of nitrogens with zero attached hydrogens (tertiary/aromatic N) is 1. The maximum atomic E-state index is 11.3. The monoisotopic (exact) mass is 239 g/mol. The van der Waals surface area contributed by atoms with E-state index < -0.39 is 0 Å². The van der Waals surface area contributed by atoms with Crippen LogP contribution < -0.4 is 4.90 Å². The maximum Gasteiger partial charge on any atom is 0.306 e. The highest BCUT2D eigenvalue weighted by atomic mass is 35.5. The number of likely N-dealkylation sites (N-methyl/N-ethyl adjacent to an activating group) is 1. The molecule has 0 amide bonds. The van der Waals surface area contributed by atoms with E-state index in [1.165, 1.54) is 12.7 Å². The van der Waals surface area contributed by atoms with Gasteiger partial charge in [0.05, 0.1) is 13.5 Å². The number of carbonyl (C=O) groups excluding carboxylic acids is 1. The van der Waals surface area contributed by atoms with Crippen LogP contribution >= 0.6 is 11.6 Å². The van der Waals surface area contributed by atoms with Gasteiger partial charge in [0.1, 0.15) is 0 Å². The fourth-order valence-electron chi connectivity index (χ4n) is 2.18. The van der Waals surface area contributed by atoms with Crippen molar-refractivity contribution in [1.82, 2.24) is 0 Å². The van der Waals surface area contributed by atoms with E-state index in [0.29, 0.717) is 6.42 Å². The minimum atomic E-state index is -0.166. The first-order valence-electron chi connectivity index (χ1n) is 5.19. The topological polar surface area (TPSA) is 29.5 Å². The molecule has 3 nitrogen and oxygen atoms in total. The van der Waals surface area contributed by atoms with E-state index in [-0.39, 0.29) is 11.9 Å². The lowest BCUT2D eigenvalue weighted by molar-refractivity contribution is -0.140. The summed E-state index contributed by atoms with van der Waals surface area (Å²) in [7, 11) is 3.43. The minimum absolute atomic E-state index is 0.166. The van der Waals surface area contributed by atoms with Crippen LogP contribution in [0.3, 0.4) is 0 Å². The molecule has 86 valence electrons. The molecule has 1 aliphatic heterocycles. The molecule has 0 spiro atoms. The number of hydrogen-bond donors (Lipinski definition) is 0. The summed E-state index contributed by atoms with van der Waals surface area (Å²) in [5.41, 5.74) is 2.29. The zero-order valence-corrected chi connectivity index (χ0v) is 10.1. The van der Waals surface area contributed by atoms with Gasteiger partial charge in [0, 0.05) is 30.2 Å². The lowest BCUT2D eigenvalue weighted by atomic mass is 9.98. The summed E-state index contributed by atoms with van der Waals surface area (Å²) in [6.07, 6.45) is 0.426. The Hall–Kier alpha value is -1.22. The molecule has 0 N–H and O–H groups in total. The van der Waals surface area contributed by atoms with Gasteiger partial charge in [-0.3, -0.25) is 4.79 Å². The van der Waals surface area contributed by atoms with Gasteiger partial charge in [-0.15, -0.1) is 0 Å². The second-order valence-corrected chi connectivity index (χ2v) is 4.50. The van der Waals surface area contributed by atoms with E-state index in [2.05, 4.69) is 4.90 Å². The number of methoxy groups -OCH3 is 1. The van der Waals surface area contributed by atoms with Crippen LogP contribution in [0, 0.1) is 0 Å². The molecule has 2 rings (SSSR count).